The number of nitrogens with two attached hydrogens (primary N) is 1. The summed E-state index contributed by atoms with van der Waals surface area (Å²) in [6.45, 7) is 7.81. The van der Waals surface area contributed by atoms with Crippen molar-refractivity contribution in [3.05, 3.63) is 23.5 Å². The van der Waals surface area contributed by atoms with Crippen molar-refractivity contribution in [1.29, 1.82) is 0 Å². The lowest BCUT2D eigenvalue weighted by molar-refractivity contribution is -0.164. The molecule has 5 nitrogen and oxygen atoms in total. The van der Waals surface area contributed by atoms with Gasteiger partial charge in [0.2, 0.25) is 0 Å². The molecule has 1 aromatic carbocycles. The van der Waals surface area contributed by atoms with Gasteiger partial charge in [0.05, 0.1) is 11.8 Å². The van der Waals surface area contributed by atoms with Gasteiger partial charge in [-0.2, -0.15) is 0 Å². The van der Waals surface area contributed by atoms with Crippen LogP contribution < -0.4 is 10.5 Å². The third-order valence-corrected chi connectivity index (χ3v) is 3.27. The summed E-state index contributed by atoms with van der Waals surface area (Å²) in [5.41, 5.74) is 3.22. The molecule has 0 aliphatic heterocycles. The van der Waals surface area contributed by atoms with Gasteiger partial charge in [-0.3, -0.25) is 9.59 Å². The summed E-state index contributed by atoms with van der Waals surface area (Å²) in [6, 6.07) is 0.379. The number of benzene rings is 1. The Morgan fingerprint density at radius 2 is 1.54 bits per heavy atom. The first-order valence-electron chi connectivity index (χ1n) is 7.22. The van der Waals surface area contributed by atoms with Gasteiger partial charge in [0.15, 0.2) is 23.2 Å². The fraction of sp³-hybridized carbons (Fsp3) is 0.500. The number of ether oxygens (including phenoxy) is 2. The highest BCUT2D eigenvalue weighted by Gasteiger charge is 2.32. The van der Waals surface area contributed by atoms with E-state index in [1.54, 1.807) is 20.8 Å². The van der Waals surface area contributed by atoms with Gasteiger partial charge < -0.3 is 15.2 Å². The molecule has 1 aromatic rings. The summed E-state index contributed by atoms with van der Waals surface area (Å²) in [5, 5.41) is 0. The van der Waals surface area contributed by atoms with E-state index in [2.05, 4.69) is 0 Å². The summed E-state index contributed by atoms with van der Waals surface area (Å²) in [6.07, 6.45) is 0. The molecule has 0 saturated carbocycles. The van der Waals surface area contributed by atoms with Gasteiger partial charge in [-0.15, -0.1) is 0 Å². The average Bonchev–Trinajstić information content (AvgIpc) is 2.47. The second-order valence-electron chi connectivity index (χ2n) is 6.43. The molecule has 0 aromatic heterocycles. The molecule has 0 radical (unpaired) electrons. The first-order valence-corrected chi connectivity index (χ1v) is 7.22. The number of halogens is 3. The summed E-state index contributed by atoms with van der Waals surface area (Å²) in [7, 11) is 0. The molecule has 0 heterocycles. The van der Waals surface area contributed by atoms with Crippen LogP contribution in [0.3, 0.4) is 0 Å². The molecule has 24 heavy (non-hydrogen) atoms. The highest BCUT2D eigenvalue weighted by Crippen LogP contribution is 2.29. The van der Waals surface area contributed by atoms with E-state index >= 15 is 0 Å². The van der Waals surface area contributed by atoms with Crippen LogP contribution in [0.5, 0.6) is 5.75 Å². The lowest BCUT2D eigenvalue weighted by Gasteiger charge is -2.24. The molecule has 134 valence electrons. The van der Waals surface area contributed by atoms with Crippen LogP contribution >= 0.6 is 0 Å². The summed E-state index contributed by atoms with van der Waals surface area (Å²) < 4.78 is 50.0. The van der Waals surface area contributed by atoms with E-state index in [-0.39, 0.29) is 0 Å². The molecule has 0 aliphatic rings. The van der Waals surface area contributed by atoms with E-state index < -0.39 is 58.3 Å². The Labute approximate surface area is 137 Å². The predicted molar refractivity (Wildman–Crippen MR) is 80.5 cm³/mol. The molecule has 0 bridgehead atoms. The number of esters is 2. The van der Waals surface area contributed by atoms with Crippen LogP contribution in [-0.4, -0.2) is 17.5 Å². The molecule has 0 fully saturated rings. The lowest BCUT2D eigenvalue weighted by Crippen LogP contribution is -2.34. The maximum absolute atomic E-state index is 13.7. The number of carbonyl (C=O) groups is 2. The molecule has 1 rings (SSSR count). The van der Waals surface area contributed by atoms with E-state index in [9.17, 15) is 22.8 Å². The standard InChI is InChI=1S/C16H20F3NO4/c1-7(8(2)15(22)24-16(3,4)5)14(21)23-10-6-9(17)11(18)13(20)12(10)19/h6-8H,20H2,1-5H3. The smallest absolute Gasteiger partial charge is 0.315 e. The van der Waals surface area contributed by atoms with Gasteiger partial charge in [0.25, 0.3) is 0 Å². The van der Waals surface area contributed by atoms with Crippen LogP contribution in [0.4, 0.5) is 18.9 Å². The van der Waals surface area contributed by atoms with Gasteiger partial charge in [-0.1, -0.05) is 13.8 Å². The normalized spacial score (nSPS) is 14.0. The van der Waals surface area contributed by atoms with Crippen molar-refractivity contribution < 1.29 is 32.2 Å². The summed E-state index contributed by atoms with van der Waals surface area (Å²) >= 11 is 0. The minimum Gasteiger partial charge on any atom is -0.460 e. The zero-order valence-corrected chi connectivity index (χ0v) is 14.1. The van der Waals surface area contributed by atoms with Crippen molar-refractivity contribution in [2.75, 3.05) is 5.73 Å². The van der Waals surface area contributed by atoms with Crippen LogP contribution in [0.2, 0.25) is 0 Å². The number of carbonyl (C=O) groups excluding carboxylic acids is 2. The monoisotopic (exact) mass is 347 g/mol. The summed E-state index contributed by atoms with van der Waals surface area (Å²) in [4.78, 5) is 24.0. The fourth-order valence-electron chi connectivity index (χ4n) is 1.68. The summed E-state index contributed by atoms with van der Waals surface area (Å²) in [5.74, 6) is -8.79. The molecule has 8 heteroatoms. The number of rotatable bonds is 4. The van der Waals surface area contributed by atoms with E-state index in [0.717, 1.165) is 0 Å². The zero-order chi connectivity index (χ0) is 18.8. The Morgan fingerprint density at radius 3 is 2.04 bits per heavy atom. The zero-order valence-electron chi connectivity index (χ0n) is 14.1. The lowest BCUT2D eigenvalue weighted by atomic mass is 9.96. The van der Waals surface area contributed by atoms with Crippen molar-refractivity contribution in [1.82, 2.24) is 0 Å². The van der Waals surface area contributed by atoms with Crippen molar-refractivity contribution in [2.24, 2.45) is 11.8 Å². The van der Waals surface area contributed by atoms with E-state index in [1.165, 1.54) is 13.8 Å². The quantitative estimate of drug-likeness (QED) is 0.392. The van der Waals surface area contributed by atoms with Gasteiger partial charge in [0, 0.05) is 6.07 Å². The second-order valence-corrected chi connectivity index (χ2v) is 6.43. The van der Waals surface area contributed by atoms with Gasteiger partial charge in [0.1, 0.15) is 11.3 Å². The fourth-order valence-corrected chi connectivity index (χ4v) is 1.68. The van der Waals surface area contributed by atoms with Crippen LogP contribution in [0, 0.1) is 29.3 Å². The predicted octanol–water partition coefficient (Wildman–Crippen LogP) is 3.21. The number of hydrogen-bond donors (Lipinski definition) is 1. The van der Waals surface area contributed by atoms with E-state index in [0.29, 0.717) is 6.07 Å². The van der Waals surface area contributed by atoms with Gasteiger partial charge in [-0.25, -0.2) is 13.2 Å². The first kappa shape index (κ1) is 19.8. The Hall–Kier alpha value is -2.25. The molecular formula is C16H20F3NO4. The third kappa shape index (κ3) is 4.62. The molecule has 0 saturated heterocycles. The number of nitrogen functional groups attached to an aromatic ring is 1. The molecule has 0 spiro atoms. The maximum Gasteiger partial charge on any atom is 0.315 e. The highest BCUT2D eigenvalue weighted by molar-refractivity contribution is 5.83. The van der Waals surface area contributed by atoms with E-state index in [1.807, 2.05) is 0 Å². The molecule has 0 amide bonds. The SMILES string of the molecule is CC(C(=O)Oc1cc(F)c(F)c(N)c1F)C(C)C(=O)OC(C)(C)C. The molecule has 2 atom stereocenters. The van der Waals surface area contributed by atoms with Crippen LogP contribution in [0.15, 0.2) is 6.07 Å². The number of hydrogen-bond acceptors (Lipinski definition) is 5. The highest BCUT2D eigenvalue weighted by atomic mass is 19.2. The Kier molecular flexibility index (Phi) is 5.86. The topological polar surface area (TPSA) is 78.6 Å². The van der Waals surface area contributed by atoms with Crippen molar-refractivity contribution >= 4 is 17.6 Å². The maximum atomic E-state index is 13.7. The second kappa shape index (κ2) is 7.11. The molecule has 0 aliphatic carbocycles. The largest absolute Gasteiger partial charge is 0.460 e. The van der Waals surface area contributed by atoms with Crippen LogP contribution in [0.1, 0.15) is 34.6 Å². The van der Waals surface area contributed by atoms with E-state index in [4.69, 9.17) is 15.2 Å². The van der Waals surface area contributed by atoms with Crippen LogP contribution in [0.25, 0.3) is 0 Å². The van der Waals surface area contributed by atoms with Crippen molar-refractivity contribution in [3.8, 4) is 5.75 Å². The van der Waals surface area contributed by atoms with Crippen LogP contribution in [-0.2, 0) is 14.3 Å². The minimum absolute atomic E-state index is 0.379. The third-order valence-electron chi connectivity index (χ3n) is 3.27. The first-order chi connectivity index (χ1) is 10.8. The Balaban J connectivity index is 2.90. The van der Waals surface area contributed by atoms with Crippen molar-refractivity contribution in [3.63, 3.8) is 0 Å². The Bertz CT molecular complexity index is 656. The molecule has 2 N–H and O–H groups in total. The average molecular weight is 347 g/mol. The number of anilines is 1. The molecular weight excluding hydrogens is 327 g/mol. The minimum atomic E-state index is -1.57. The molecule has 2 unspecified atom stereocenters. The van der Waals surface area contributed by atoms with Crippen molar-refractivity contribution in [2.45, 2.75) is 40.2 Å². The Morgan fingerprint density at radius 1 is 1.04 bits per heavy atom. The van der Waals surface area contributed by atoms with Gasteiger partial charge >= 0.3 is 11.9 Å². The van der Waals surface area contributed by atoms with Gasteiger partial charge in [-0.05, 0) is 20.8 Å².